The van der Waals surface area contributed by atoms with E-state index in [4.69, 9.17) is 4.74 Å². The van der Waals surface area contributed by atoms with Crippen LogP contribution in [0.4, 0.5) is 0 Å². The Hall–Kier alpha value is -2.70. The van der Waals surface area contributed by atoms with Crippen LogP contribution in [0.25, 0.3) is 0 Å². The average Bonchev–Trinajstić information content (AvgIpc) is 3.08. The number of aliphatic hydroxyl groups excluding tert-OH is 1. The summed E-state index contributed by atoms with van der Waals surface area (Å²) in [7, 11) is 0. The number of esters is 1. The standard InChI is InChI=1S/C30H39NO5/c1-18-10-9-13-23-27(33)20(3)19(2)26-24(16-22-11-7-6-8-12-22)31-28(34)30(23,26)25(36-21(4)32)14-15-29(5,35)17-18/h6-9,11-15,18,23-27,33,35H,10,16-17H2,1-5H3,(H,31,34)/b13-9-,15-14-/t18-,23-,24-,25+,26-,27+,29-,30+/m0/s1. The summed E-state index contributed by atoms with van der Waals surface area (Å²) >= 11 is 0. The van der Waals surface area contributed by atoms with E-state index in [2.05, 4.69) is 12.2 Å². The van der Waals surface area contributed by atoms with Crippen molar-refractivity contribution in [2.75, 3.05) is 0 Å². The average molecular weight is 494 g/mol. The van der Waals surface area contributed by atoms with Crippen LogP contribution in [0.5, 0.6) is 0 Å². The molecule has 0 radical (unpaired) electrons. The molecule has 194 valence electrons. The van der Waals surface area contributed by atoms with Gasteiger partial charge in [0.2, 0.25) is 5.91 Å². The Morgan fingerprint density at radius 3 is 2.53 bits per heavy atom. The third-order valence-electron chi connectivity index (χ3n) is 8.39. The quantitative estimate of drug-likeness (QED) is 0.439. The second-order valence-corrected chi connectivity index (χ2v) is 11.2. The van der Waals surface area contributed by atoms with Crippen LogP contribution in [0.2, 0.25) is 0 Å². The molecule has 1 saturated heterocycles. The van der Waals surface area contributed by atoms with Gasteiger partial charge in [-0.15, -0.1) is 0 Å². The van der Waals surface area contributed by atoms with Crippen molar-refractivity contribution in [2.24, 2.45) is 23.2 Å². The van der Waals surface area contributed by atoms with Gasteiger partial charge in [0.05, 0.1) is 11.7 Å². The van der Waals surface area contributed by atoms with Crippen LogP contribution in [0.3, 0.4) is 0 Å². The second-order valence-electron chi connectivity index (χ2n) is 11.2. The van der Waals surface area contributed by atoms with Gasteiger partial charge in [0.15, 0.2) is 0 Å². The molecule has 1 aliphatic heterocycles. The van der Waals surface area contributed by atoms with E-state index in [9.17, 15) is 19.8 Å². The van der Waals surface area contributed by atoms with Crippen molar-refractivity contribution in [3.63, 3.8) is 0 Å². The maximum absolute atomic E-state index is 14.2. The summed E-state index contributed by atoms with van der Waals surface area (Å²) in [5.74, 6) is -1.49. The molecule has 0 unspecified atom stereocenters. The van der Waals surface area contributed by atoms with Crippen LogP contribution >= 0.6 is 0 Å². The van der Waals surface area contributed by atoms with E-state index in [1.54, 1.807) is 19.1 Å². The maximum Gasteiger partial charge on any atom is 0.303 e. The first-order valence-electron chi connectivity index (χ1n) is 12.9. The van der Waals surface area contributed by atoms with Crippen molar-refractivity contribution in [1.29, 1.82) is 0 Å². The van der Waals surface area contributed by atoms with Gasteiger partial charge in [-0.25, -0.2) is 0 Å². The van der Waals surface area contributed by atoms with Crippen molar-refractivity contribution in [2.45, 2.75) is 77.7 Å². The van der Waals surface area contributed by atoms with Gasteiger partial charge in [-0.1, -0.05) is 61.1 Å². The first-order valence-corrected chi connectivity index (χ1v) is 12.9. The van der Waals surface area contributed by atoms with Gasteiger partial charge in [-0.2, -0.15) is 0 Å². The third-order valence-corrected chi connectivity index (χ3v) is 8.39. The lowest BCUT2D eigenvalue weighted by atomic mass is 9.54. The fraction of sp³-hybridized carbons (Fsp3) is 0.533. The summed E-state index contributed by atoms with van der Waals surface area (Å²) < 4.78 is 5.89. The molecule has 8 atom stereocenters. The van der Waals surface area contributed by atoms with Crippen molar-refractivity contribution >= 4 is 11.9 Å². The zero-order valence-corrected chi connectivity index (χ0v) is 21.9. The van der Waals surface area contributed by atoms with Crippen molar-refractivity contribution in [1.82, 2.24) is 5.32 Å². The van der Waals surface area contributed by atoms with Gasteiger partial charge in [0.25, 0.3) is 0 Å². The van der Waals surface area contributed by atoms with Crippen LogP contribution in [-0.2, 0) is 20.7 Å². The molecule has 2 aliphatic carbocycles. The molecule has 1 amide bonds. The number of nitrogens with one attached hydrogen (secondary N) is 1. The fourth-order valence-electron chi connectivity index (χ4n) is 6.76. The molecule has 0 saturated carbocycles. The predicted molar refractivity (Wildman–Crippen MR) is 139 cm³/mol. The van der Waals surface area contributed by atoms with Crippen LogP contribution < -0.4 is 5.32 Å². The van der Waals surface area contributed by atoms with Crippen LogP contribution in [0.15, 0.2) is 65.8 Å². The first-order chi connectivity index (χ1) is 17.0. The van der Waals surface area contributed by atoms with Gasteiger partial charge < -0.3 is 20.3 Å². The number of benzene rings is 1. The van der Waals surface area contributed by atoms with Crippen LogP contribution in [0.1, 0.15) is 53.0 Å². The lowest BCUT2D eigenvalue weighted by Gasteiger charge is -2.49. The molecule has 4 rings (SSSR count). The lowest BCUT2D eigenvalue weighted by Crippen LogP contribution is -2.58. The summed E-state index contributed by atoms with van der Waals surface area (Å²) in [6.07, 6.45) is 7.26. The maximum atomic E-state index is 14.2. The van der Waals surface area contributed by atoms with E-state index >= 15 is 0 Å². The number of carbonyl (C=O) groups excluding carboxylic acids is 2. The van der Waals surface area contributed by atoms with Crippen LogP contribution in [0, 0.1) is 23.2 Å². The Morgan fingerprint density at radius 2 is 1.86 bits per heavy atom. The number of hydrogen-bond donors (Lipinski definition) is 3. The largest absolute Gasteiger partial charge is 0.457 e. The lowest BCUT2D eigenvalue weighted by molar-refractivity contribution is -0.161. The summed E-state index contributed by atoms with van der Waals surface area (Å²) in [5.41, 5.74) is 0.485. The summed E-state index contributed by atoms with van der Waals surface area (Å²) in [4.78, 5) is 26.5. The van der Waals surface area contributed by atoms with E-state index < -0.39 is 35.1 Å². The molecule has 1 aromatic carbocycles. The van der Waals surface area contributed by atoms with E-state index in [1.807, 2.05) is 56.3 Å². The van der Waals surface area contributed by atoms with Gasteiger partial charge in [0, 0.05) is 24.8 Å². The Morgan fingerprint density at radius 1 is 1.17 bits per heavy atom. The molecule has 0 aromatic heterocycles. The molecule has 1 heterocycles. The number of carbonyl (C=O) groups is 2. The minimum absolute atomic E-state index is 0.181. The Bertz CT molecular complexity index is 1090. The van der Waals surface area contributed by atoms with Crippen molar-refractivity contribution in [3.8, 4) is 0 Å². The Balaban J connectivity index is 1.94. The van der Waals surface area contributed by atoms with E-state index in [0.717, 1.165) is 16.7 Å². The van der Waals surface area contributed by atoms with Gasteiger partial charge in [-0.3, -0.25) is 9.59 Å². The minimum Gasteiger partial charge on any atom is -0.457 e. The molecule has 6 nitrogen and oxygen atoms in total. The molecule has 3 aliphatic rings. The Labute approximate surface area is 214 Å². The molecule has 0 bridgehead atoms. The van der Waals surface area contributed by atoms with Crippen molar-refractivity contribution < 1.29 is 24.5 Å². The number of amides is 1. The van der Waals surface area contributed by atoms with E-state index in [1.165, 1.54) is 6.92 Å². The van der Waals surface area contributed by atoms with Crippen LogP contribution in [-0.4, -0.2) is 45.9 Å². The molecule has 1 fully saturated rings. The smallest absolute Gasteiger partial charge is 0.303 e. The normalized spacial score (nSPS) is 40.4. The van der Waals surface area contributed by atoms with E-state index in [0.29, 0.717) is 19.3 Å². The summed E-state index contributed by atoms with van der Waals surface area (Å²) in [6.45, 7) is 9.03. The molecule has 1 aromatic rings. The number of aliphatic hydroxyl groups is 2. The highest BCUT2D eigenvalue weighted by molar-refractivity contribution is 5.89. The monoisotopic (exact) mass is 493 g/mol. The molecule has 6 heteroatoms. The molecule has 36 heavy (non-hydrogen) atoms. The second kappa shape index (κ2) is 9.98. The first kappa shape index (κ1) is 26.4. The molecular formula is C30H39NO5. The highest BCUT2D eigenvalue weighted by Crippen LogP contribution is 2.57. The third kappa shape index (κ3) is 4.69. The number of allylic oxidation sites excluding steroid dienone is 1. The van der Waals surface area contributed by atoms with Gasteiger partial charge in [-0.05, 0) is 63.2 Å². The molecular weight excluding hydrogens is 454 g/mol. The topological polar surface area (TPSA) is 95.9 Å². The number of hydrogen-bond acceptors (Lipinski definition) is 5. The zero-order chi connectivity index (χ0) is 26.3. The highest BCUT2D eigenvalue weighted by Gasteiger charge is 2.67. The SMILES string of the molecule is CC(=O)O[C@@H]1/C=C\[C@](C)(O)C[C@@H](C)C/C=C\[C@H]2[C@H](O)C(C)=C(C)[C@H]3[C@H](Cc4ccccc4)NC(=O)[C@@]123. The fourth-order valence-corrected chi connectivity index (χ4v) is 6.76. The predicted octanol–water partition coefficient (Wildman–Crippen LogP) is 3.88. The highest BCUT2D eigenvalue weighted by atomic mass is 16.5. The van der Waals surface area contributed by atoms with E-state index in [-0.39, 0.29) is 23.8 Å². The molecule has 3 N–H and O–H groups in total. The summed E-state index contributed by atoms with van der Waals surface area (Å²) in [5, 5.41) is 25.9. The Kier molecular flexibility index (Phi) is 7.31. The number of ether oxygens (including phenoxy) is 1. The minimum atomic E-state index is -1.26. The van der Waals surface area contributed by atoms with Gasteiger partial charge in [0.1, 0.15) is 11.5 Å². The molecule has 1 spiro atoms. The number of rotatable bonds is 3. The zero-order valence-electron chi connectivity index (χ0n) is 21.9. The van der Waals surface area contributed by atoms with Crippen molar-refractivity contribution in [3.05, 3.63) is 71.3 Å². The summed E-state index contributed by atoms with van der Waals surface area (Å²) in [6, 6.07) is 9.76. The van der Waals surface area contributed by atoms with Gasteiger partial charge >= 0.3 is 5.97 Å².